The molecule has 1 aliphatic rings. The van der Waals surface area contributed by atoms with Crippen LogP contribution in [-0.4, -0.2) is 18.9 Å². The molecule has 0 bridgehead atoms. The Balaban J connectivity index is 1.90. The van der Waals surface area contributed by atoms with E-state index in [0.29, 0.717) is 17.1 Å². The summed E-state index contributed by atoms with van der Waals surface area (Å²) in [6, 6.07) is 12.1. The lowest BCUT2D eigenvalue weighted by atomic mass is 10.1. The van der Waals surface area contributed by atoms with Crippen LogP contribution in [-0.2, 0) is 4.79 Å². The van der Waals surface area contributed by atoms with Crippen LogP contribution < -0.4 is 14.2 Å². The van der Waals surface area contributed by atoms with Crippen LogP contribution in [0.25, 0.3) is 5.76 Å². The molecular formula is C20H16O5. The van der Waals surface area contributed by atoms with Crippen LogP contribution in [0.5, 0.6) is 17.2 Å². The van der Waals surface area contributed by atoms with E-state index in [2.05, 4.69) is 6.58 Å². The van der Waals surface area contributed by atoms with Gasteiger partial charge in [-0.1, -0.05) is 6.58 Å². The second-order valence-corrected chi connectivity index (χ2v) is 5.31. The van der Waals surface area contributed by atoms with Crippen LogP contribution in [0.4, 0.5) is 0 Å². The smallest absolute Gasteiger partial charge is 0.335 e. The summed E-state index contributed by atoms with van der Waals surface area (Å²) in [5.41, 5.74) is 1.21. The van der Waals surface area contributed by atoms with E-state index >= 15 is 0 Å². The number of rotatable bonds is 4. The largest absolute Gasteiger partial charge is 0.497 e. The summed E-state index contributed by atoms with van der Waals surface area (Å²) in [5, 5.41) is 0. The lowest BCUT2D eigenvalue weighted by molar-refractivity contribution is -0.128. The van der Waals surface area contributed by atoms with Crippen molar-refractivity contribution in [3.8, 4) is 17.2 Å². The number of carbonyl (C=O) groups is 2. The highest BCUT2D eigenvalue weighted by Gasteiger charge is 2.20. The highest BCUT2D eigenvalue weighted by molar-refractivity contribution is 6.01. The first-order valence-corrected chi connectivity index (χ1v) is 7.64. The van der Waals surface area contributed by atoms with Gasteiger partial charge in [-0.3, -0.25) is 4.79 Å². The zero-order chi connectivity index (χ0) is 17.8. The summed E-state index contributed by atoms with van der Waals surface area (Å²) in [6.07, 6.45) is 2.99. The fourth-order valence-electron chi connectivity index (χ4n) is 2.42. The molecule has 0 fully saturated rings. The van der Waals surface area contributed by atoms with Gasteiger partial charge in [0.1, 0.15) is 23.0 Å². The van der Waals surface area contributed by atoms with E-state index in [1.54, 1.807) is 25.3 Å². The number of carbonyl (C=O) groups excluding carboxylic acids is 2. The average Bonchev–Trinajstić information content (AvgIpc) is 2.81. The maximum Gasteiger partial charge on any atom is 0.335 e. The van der Waals surface area contributed by atoms with Gasteiger partial charge in [-0.25, -0.2) is 4.79 Å². The van der Waals surface area contributed by atoms with Crippen molar-refractivity contribution in [3.05, 3.63) is 72.3 Å². The average molecular weight is 336 g/mol. The molecule has 0 saturated carbocycles. The first-order chi connectivity index (χ1) is 12.1. The molecule has 2 aromatic carbocycles. The number of hydrogen-bond donors (Lipinski definition) is 0. The second-order valence-electron chi connectivity index (χ2n) is 5.31. The van der Waals surface area contributed by atoms with Crippen molar-refractivity contribution in [2.75, 3.05) is 7.11 Å². The van der Waals surface area contributed by atoms with E-state index in [-0.39, 0.29) is 18.0 Å². The number of ether oxygens (including phenoxy) is 3. The number of fused-ring (bicyclic) bond motifs is 1. The van der Waals surface area contributed by atoms with Gasteiger partial charge in [0.2, 0.25) is 0 Å². The topological polar surface area (TPSA) is 61.8 Å². The lowest BCUT2D eigenvalue weighted by Gasteiger charge is -2.12. The van der Waals surface area contributed by atoms with E-state index in [9.17, 15) is 9.59 Å². The summed E-state index contributed by atoms with van der Waals surface area (Å²) in [7, 11) is 1.60. The summed E-state index contributed by atoms with van der Waals surface area (Å²) in [4.78, 5) is 23.7. The fraction of sp³-hybridized carbons (Fsp3) is 0.100. The van der Waals surface area contributed by atoms with Gasteiger partial charge < -0.3 is 14.2 Å². The Bertz CT molecular complexity index is 862. The minimum atomic E-state index is -0.584. The van der Waals surface area contributed by atoms with Gasteiger partial charge in [0.05, 0.1) is 12.7 Å². The third kappa shape index (κ3) is 3.61. The standard InChI is InChI=1S/C20H16O5/c1-3-20(22)24-15-8-10-19-16(12-15)17(21)9-11-18(25-19)13-4-6-14(23-2)7-5-13/h3-8,10-12H,1,9H2,2H3. The Morgan fingerprint density at radius 3 is 2.56 bits per heavy atom. The molecule has 0 amide bonds. The number of methoxy groups -OCH3 is 1. The Hall–Kier alpha value is -3.34. The van der Waals surface area contributed by atoms with E-state index in [1.807, 2.05) is 24.3 Å². The molecule has 0 radical (unpaired) electrons. The SMILES string of the molecule is C=CC(=O)Oc1ccc2c(c1)C(=O)CC=C(c1ccc(OC)cc1)O2. The lowest BCUT2D eigenvalue weighted by Crippen LogP contribution is -2.05. The molecule has 5 nitrogen and oxygen atoms in total. The Morgan fingerprint density at radius 2 is 1.88 bits per heavy atom. The number of hydrogen-bond acceptors (Lipinski definition) is 5. The molecule has 0 aromatic heterocycles. The first kappa shape index (κ1) is 16.5. The van der Waals surface area contributed by atoms with Gasteiger partial charge in [-0.05, 0) is 48.5 Å². The van der Waals surface area contributed by atoms with Crippen LogP contribution >= 0.6 is 0 Å². The summed E-state index contributed by atoms with van der Waals surface area (Å²) in [5.74, 6) is 1.32. The fourth-order valence-corrected chi connectivity index (χ4v) is 2.42. The zero-order valence-corrected chi connectivity index (χ0v) is 13.7. The minimum absolute atomic E-state index is 0.116. The van der Waals surface area contributed by atoms with Gasteiger partial charge in [-0.2, -0.15) is 0 Å². The molecule has 5 heteroatoms. The van der Waals surface area contributed by atoms with Crippen molar-refractivity contribution in [2.24, 2.45) is 0 Å². The van der Waals surface area contributed by atoms with Crippen LogP contribution in [0.1, 0.15) is 22.3 Å². The first-order valence-electron chi connectivity index (χ1n) is 7.64. The third-order valence-electron chi connectivity index (χ3n) is 3.70. The molecule has 1 aliphatic heterocycles. The molecule has 0 N–H and O–H groups in total. The van der Waals surface area contributed by atoms with Gasteiger partial charge >= 0.3 is 5.97 Å². The Kier molecular flexibility index (Phi) is 4.66. The van der Waals surface area contributed by atoms with Gasteiger partial charge in [0, 0.05) is 18.1 Å². The van der Waals surface area contributed by atoms with Crippen molar-refractivity contribution in [3.63, 3.8) is 0 Å². The summed E-state index contributed by atoms with van der Waals surface area (Å²) in [6.45, 7) is 3.35. The predicted octanol–water partition coefficient (Wildman–Crippen LogP) is 3.79. The van der Waals surface area contributed by atoms with E-state index in [4.69, 9.17) is 14.2 Å². The predicted molar refractivity (Wildman–Crippen MR) is 92.8 cm³/mol. The van der Waals surface area contributed by atoms with Crippen LogP contribution in [0, 0.1) is 0 Å². The van der Waals surface area contributed by atoms with Gasteiger partial charge in [0.25, 0.3) is 0 Å². The van der Waals surface area contributed by atoms with E-state index in [1.165, 1.54) is 6.07 Å². The molecule has 0 aliphatic carbocycles. The summed E-state index contributed by atoms with van der Waals surface area (Å²) >= 11 is 0. The minimum Gasteiger partial charge on any atom is -0.497 e. The van der Waals surface area contributed by atoms with E-state index < -0.39 is 5.97 Å². The third-order valence-corrected chi connectivity index (χ3v) is 3.70. The van der Waals surface area contributed by atoms with Crippen LogP contribution in [0.3, 0.4) is 0 Å². The molecule has 1 heterocycles. The highest BCUT2D eigenvalue weighted by Crippen LogP contribution is 2.33. The zero-order valence-electron chi connectivity index (χ0n) is 13.7. The molecule has 0 spiro atoms. The Labute approximate surface area is 145 Å². The van der Waals surface area contributed by atoms with Crippen molar-refractivity contribution in [1.29, 1.82) is 0 Å². The number of allylic oxidation sites excluding steroid dienone is 1. The van der Waals surface area contributed by atoms with Gasteiger partial charge in [0.15, 0.2) is 5.78 Å². The van der Waals surface area contributed by atoms with Crippen molar-refractivity contribution >= 4 is 17.5 Å². The molecule has 0 unspecified atom stereocenters. The Morgan fingerprint density at radius 1 is 1.16 bits per heavy atom. The van der Waals surface area contributed by atoms with E-state index in [0.717, 1.165) is 17.4 Å². The summed E-state index contributed by atoms with van der Waals surface area (Å²) < 4.78 is 16.1. The van der Waals surface area contributed by atoms with Crippen molar-refractivity contribution in [2.45, 2.75) is 6.42 Å². The van der Waals surface area contributed by atoms with Crippen LogP contribution in [0.15, 0.2) is 61.2 Å². The molecule has 126 valence electrons. The van der Waals surface area contributed by atoms with Gasteiger partial charge in [-0.15, -0.1) is 0 Å². The molecule has 25 heavy (non-hydrogen) atoms. The van der Waals surface area contributed by atoms with Crippen molar-refractivity contribution in [1.82, 2.24) is 0 Å². The molecule has 0 atom stereocenters. The number of benzene rings is 2. The monoisotopic (exact) mass is 336 g/mol. The van der Waals surface area contributed by atoms with Crippen molar-refractivity contribution < 1.29 is 23.8 Å². The molecular weight excluding hydrogens is 320 g/mol. The highest BCUT2D eigenvalue weighted by atomic mass is 16.5. The second kappa shape index (κ2) is 7.05. The quantitative estimate of drug-likeness (QED) is 0.483. The normalized spacial score (nSPS) is 13.0. The maximum atomic E-state index is 12.4. The van der Waals surface area contributed by atoms with Crippen LogP contribution in [0.2, 0.25) is 0 Å². The number of Topliss-reactive ketones (excluding diaryl/α,β-unsaturated/α-hetero) is 1. The molecule has 3 rings (SSSR count). The maximum absolute atomic E-state index is 12.4. The number of ketones is 1. The molecule has 0 saturated heterocycles. The number of esters is 1. The molecule has 2 aromatic rings.